The van der Waals surface area contributed by atoms with Gasteiger partial charge in [0.15, 0.2) is 5.96 Å². The fourth-order valence-electron chi connectivity index (χ4n) is 2.88. The van der Waals surface area contributed by atoms with E-state index in [-0.39, 0.29) is 11.9 Å². The molecule has 0 bridgehead atoms. The lowest BCUT2D eigenvalue weighted by atomic mass is 10.1. The van der Waals surface area contributed by atoms with Gasteiger partial charge >= 0.3 is 0 Å². The summed E-state index contributed by atoms with van der Waals surface area (Å²) in [5.74, 6) is -0.108. The molecule has 2 heterocycles. The molecular weight excluding hydrogens is 340 g/mol. The first-order valence-corrected chi connectivity index (χ1v) is 9.00. The van der Waals surface area contributed by atoms with Crippen LogP contribution in [0.25, 0.3) is 11.0 Å². The topological polar surface area (TPSA) is 111 Å². The number of amides is 1. The highest BCUT2D eigenvalue weighted by Gasteiger charge is 2.11. The van der Waals surface area contributed by atoms with Crippen molar-refractivity contribution in [1.29, 1.82) is 5.41 Å². The van der Waals surface area contributed by atoms with Gasteiger partial charge in [0.25, 0.3) is 5.91 Å². The van der Waals surface area contributed by atoms with Gasteiger partial charge in [-0.15, -0.1) is 0 Å². The Kier molecular flexibility index (Phi) is 5.71. The first kappa shape index (κ1) is 18.4. The number of H-pyrrole nitrogens is 1. The Morgan fingerprint density at radius 3 is 2.74 bits per heavy atom. The van der Waals surface area contributed by atoms with Crippen LogP contribution in [-0.4, -0.2) is 33.3 Å². The van der Waals surface area contributed by atoms with Crippen LogP contribution in [0.2, 0.25) is 0 Å². The predicted octanol–water partition coefficient (Wildman–Crippen LogP) is 3.31. The van der Waals surface area contributed by atoms with Gasteiger partial charge in [0.1, 0.15) is 5.65 Å². The zero-order valence-electron chi connectivity index (χ0n) is 15.3. The van der Waals surface area contributed by atoms with Crippen molar-refractivity contribution < 1.29 is 4.79 Å². The largest absolute Gasteiger partial charge is 0.370 e. The first-order valence-electron chi connectivity index (χ1n) is 9.00. The van der Waals surface area contributed by atoms with Gasteiger partial charge in [-0.25, -0.2) is 4.98 Å². The second kappa shape index (κ2) is 8.35. The number of carbonyl (C=O) groups excluding carboxylic acids is 1. The summed E-state index contributed by atoms with van der Waals surface area (Å²) in [5, 5.41) is 11.5. The van der Waals surface area contributed by atoms with E-state index in [1.54, 1.807) is 30.6 Å². The standard InChI is InChI=1S/C20H24N6O/c1-2-3-12-26(20(21)22)13-14-4-6-15(7-5-14)19(27)25-17-9-11-24-18-16(17)8-10-23-18/h4-11H,2-3,12-13H2,1H3,(H3,21,22)(H2,23,24,25,27). The molecule has 0 spiro atoms. The molecule has 0 unspecified atom stereocenters. The molecule has 27 heavy (non-hydrogen) atoms. The number of hydrogen-bond donors (Lipinski definition) is 4. The number of aromatic nitrogens is 2. The average Bonchev–Trinajstić information content (AvgIpc) is 3.15. The fourth-order valence-corrected chi connectivity index (χ4v) is 2.88. The molecule has 0 aliphatic carbocycles. The summed E-state index contributed by atoms with van der Waals surface area (Å²) < 4.78 is 0. The summed E-state index contributed by atoms with van der Waals surface area (Å²) >= 11 is 0. The number of nitrogens with zero attached hydrogens (tertiary/aromatic N) is 2. The Morgan fingerprint density at radius 2 is 2.04 bits per heavy atom. The van der Waals surface area contributed by atoms with Crippen molar-refractivity contribution in [2.45, 2.75) is 26.3 Å². The minimum Gasteiger partial charge on any atom is -0.370 e. The van der Waals surface area contributed by atoms with Gasteiger partial charge in [-0.1, -0.05) is 25.5 Å². The van der Waals surface area contributed by atoms with E-state index in [0.29, 0.717) is 12.1 Å². The summed E-state index contributed by atoms with van der Waals surface area (Å²) in [5.41, 5.74) is 8.70. The predicted molar refractivity (Wildman–Crippen MR) is 108 cm³/mol. The zero-order valence-corrected chi connectivity index (χ0v) is 15.3. The van der Waals surface area contributed by atoms with Gasteiger partial charge in [-0.2, -0.15) is 0 Å². The van der Waals surface area contributed by atoms with E-state index in [4.69, 9.17) is 11.1 Å². The van der Waals surface area contributed by atoms with E-state index >= 15 is 0 Å². The maximum Gasteiger partial charge on any atom is 0.255 e. The number of hydrogen-bond acceptors (Lipinski definition) is 3. The Hall–Kier alpha value is -3.35. The van der Waals surface area contributed by atoms with Gasteiger partial charge in [-0.05, 0) is 36.2 Å². The number of pyridine rings is 1. The molecule has 140 valence electrons. The molecule has 1 aromatic carbocycles. The smallest absolute Gasteiger partial charge is 0.255 e. The molecule has 3 rings (SSSR count). The van der Waals surface area contributed by atoms with Crippen LogP contribution in [0.15, 0.2) is 48.8 Å². The van der Waals surface area contributed by atoms with Crippen LogP contribution < -0.4 is 11.1 Å². The summed E-state index contributed by atoms with van der Waals surface area (Å²) in [7, 11) is 0. The summed E-state index contributed by atoms with van der Waals surface area (Å²) in [4.78, 5) is 21.6. The number of anilines is 1. The van der Waals surface area contributed by atoms with Gasteiger partial charge in [0, 0.05) is 36.4 Å². The van der Waals surface area contributed by atoms with Crippen molar-refractivity contribution in [3.05, 3.63) is 59.9 Å². The number of aromatic amines is 1. The van der Waals surface area contributed by atoms with Gasteiger partial charge < -0.3 is 20.9 Å². The molecular formula is C20H24N6O. The molecule has 0 saturated carbocycles. The molecule has 5 N–H and O–H groups in total. The number of unbranched alkanes of at least 4 members (excludes halogenated alkanes) is 1. The van der Waals surface area contributed by atoms with E-state index in [9.17, 15) is 4.79 Å². The molecule has 7 nitrogen and oxygen atoms in total. The Bertz CT molecular complexity index is 931. The van der Waals surface area contributed by atoms with E-state index in [2.05, 4.69) is 22.2 Å². The molecule has 0 atom stereocenters. The van der Waals surface area contributed by atoms with Crippen molar-refractivity contribution in [2.75, 3.05) is 11.9 Å². The maximum atomic E-state index is 12.6. The molecule has 1 amide bonds. The number of guanidine groups is 1. The maximum absolute atomic E-state index is 12.6. The van der Waals surface area contributed by atoms with Crippen molar-refractivity contribution in [3.63, 3.8) is 0 Å². The van der Waals surface area contributed by atoms with Crippen LogP contribution in [0.4, 0.5) is 5.69 Å². The van der Waals surface area contributed by atoms with Gasteiger partial charge in [0.05, 0.1) is 5.69 Å². The number of fused-ring (bicyclic) bond motifs is 1. The van der Waals surface area contributed by atoms with E-state index in [1.165, 1.54) is 0 Å². The Balaban J connectivity index is 1.68. The highest BCUT2D eigenvalue weighted by Crippen LogP contribution is 2.21. The summed E-state index contributed by atoms with van der Waals surface area (Å²) in [6.45, 7) is 3.42. The van der Waals surface area contributed by atoms with Crippen LogP contribution in [0.5, 0.6) is 0 Å². The van der Waals surface area contributed by atoms with E-state index in [0.717, 1.165) is 41.7 Å². The molecule has 0 radical (unpaired) electrons. The number of nitrogens with two attached hydrogens (primary N) is 1. The monoisotopic (exact) mass is 364 g/mol. The van der Waals surface area contributed by atoms with Crippen LogP contribution in [0, 0.1) is 5.41 Å². The minimum absolute atomic E-state index is 0.0680. The third-order valence-electron chi connectivity index (χ3n) is 4.42. The van der Waals surface area contributed by atoms with Crippen LogP contribution >= 0.6 is 0 Å². The van der Waals surface area contributed by atoms with E-state index in [1.807, 2.05) is 23.1 Å². The average molecular weight is 364 g/mol. The molecule has 0 aliphatic heterocycles. The quantitative estimate of drug-likeness (QED) is 0.381. The molecule has 2 aromatic heterocycles. The molecule has 7 heteroatoms. The van der Waals surface area contributed by atoms with Crippen molar-refractivity contribution in [2.24, 2.45) is 5.73 Å². The van der Waals surface area contributed by atoms with E-state index < -0.39 is 0 Å². The fraction of sp³-hybridized carbons (Fsp3) is 0.250. The molecule has 0 saturated heterocycles. The molecule has 0 fully saturated rings. The zero-order chi connectivity index (χ0) is 19.2. The number of rotatable bonds is 7. The van der Waals surface area contributed by atoms with Crippen LogP contribution in [0.1, 0.15) is 35.7 Å². The normalized spacial score (nSPS) is 10.7. The third kappa shape index (κ3) is 4.44. The highest BCUT2D eigenvalue weighted by molar-refractivity contribution is 6.08. The molecule has 0 aliphatic rings. The Labute approximate surface area is 158 Å². The minimum atomic E-state index is -0.176. The van der Waals surface area contributed by atoms with Gasteiger partial charge in [-0.3, -0.25) is 10.2 Å². The Morgan fingerprint density at radius 1 is 1.26 bits per heavy atom. The number of carbonyl (C=O) groups is 1. The summed E-state index contributed by atoms with van der Waals surface area (Å²) in [6, 6.07) is 11.0. The van der Waals surface area contributed by atoms with Crippen molar-refractivity contribution in [3.8, 4) is 0 Å². The second-order valence-electron chi connectivity index (χ2n) is 6.41. The lowest BCUT2D eigenvalue weighted by Crippen LogP contribution is -2.36. The van der Waals surface area contributed by atoms with Crippen molar-refractivity contribution >= 4 is 28.6 Å². The lowest BCUT2D eigenvalue weighted by Gasteiger charge is -2.22. The number of benzene rings is 1. The number of nitrogens with one attached hydrogen (secondary N) is 3. The van der Waals surface area contributed by atoms with Crippen LogP contribution in [0.3, 0.4) is 0 Å². The SMILES string of the molecule is CCCCN(Cc1ccc(C(=O)Nc2ccnc3[nH]ccc23)cc1)C(=N)N. The van der Waals surface area contributed by atoms with Crippen LogP contribution in [-0.2, 0) is 6.54 Å². The molecule has 3 aromatic rings. The van der Waals surface area contributed by atoms with Gasteiger partial charge in [0.2, 0.25) is 0 Å². The highest BCUT2D eigenvalue weighted by atomic mass is 16.1. The first-order chi connectivity index (χ1) is 13.1. The second-order valence-corrected chi connectivity index (χ2v) is 6.41. The third-order valence-corrected chi connectivity index (χ3v) is 4.42. The summed E-state index contributed by atoms with van der Waals surface area (Å²) in [6.07, 6.45) is 5.48. The van der Waals surface area contributed by atoms with Crippen molar-refractivity contribution in [1.82, 2.24) is 14.9 Å². The lowest BCUT2D eigenvalue weighted by molar-refractivity contribution is 0.102.